The highest BCUT2D eigenvalue weighted by molar-refractivity contribution is 5.94. The molecule has 1 fully saturated rings. The Kier molecular flexibility index (Phi) is 4.16. The summed E-state index contributed by atoms with van der Waals surface area (Å²) >= 11 is 0. The molecule has 0 spiro atoms. The maximum atomic E-state index is 12.3. The Morgan fingerprint density at radius 1 is 1.16 bits per heavy atom. The van der Waals surface area contributed by atoms with Crippen molar-refractivity contribution in [3.63, 3.8) is 0 Å². The lowest BCUT2D eigenvalue weighted by molar-refractivity contribution is 0.0947. The van der Waals surface area contributed by atoms with Crippen molar-refractivity contribution in [1.29, 1.82) is 0 Å². The summed E-state index contributed by atoms with van der Waals surface area (Å²) in [6.45, 7) is 0.284. The normalized spacial score (nSPS) is 13.4. The second-order valence-corrected chi connectivity index (χ2v) is 6.08. The van der Waals surface area contributed by atoms with E-state index in [-0.39, 0.29) is 12.5 Å². The molecule has 1 amide bonds. The van der Waals surface area contributed by atoms with E-state index in [9.17, 15) is 4.79 Å². The fourth-order valence-corrected chi connectivity index (χ4v) is 2.50. The first-order chi connectivity index (χ1) is 12.3. The summed E-state index contributed by atoms with van der Waals surface area (Å²) in [4.78, 5) is 16.6. The van der Waals surface area contributed by atoms with E-state index < -0.39 is 0 Å². The standard InChI is InChI=1S/C19H18N4O2/c24-19(14-8-9-20-18(10-14)22-15-6-7-15)21-12-16-11-17(23-25-16)13-4-2-1-3-5-13/h1-5,8-11,15H,6-7,12H2,(H,20,22)(H,21,24). The zero-order valence-corrected chi connectivity index (χ0v) is 13.6. The van der Waals surface area contributed by atoms with Crippen LogP contribution in [0.3, 0.4) is 0 Å². The molecule has 4 rings (SSSR count). The number of benzene rings is 1. The molecule has 0 saturated heterocycles. The van der Waals surface area contributed by atoms with Gasteiger partial charge >= 0.3 is 0 Å². The first-order valence-electron chi connectivity index (χ1n) is 8.30. The van der Waals surface area contributed by atoms with Crippen LogP contribution in [0.2, 0.25) is 0 Å². The number of hydrogen-bond donors (Lipinski definition) is 2. The van der Waals surface area contributed by atoms with Crippen molar-refractivity contribution in [3.05, 3.63) is 66.1 Å². The lowest BCUT2D eigenvalue weighted by atomic mass is 10.1. The molecule has 126 valence electrons. The minimum Gasteiger partial charge on any atom is -0.367 e. The minimum absolute atomic E-state index is 0.168. The van der Waals surface area contributed by atoms with Gasteiger partial charge in [0.25, 0.3) is 5.91 Å². The van der Waals surface area contributed by atoms with Crippen LogP contribution in [0.4, 0.5) is 5.82 Å². The molecule has 2 aromatic heterocycles. The Balaban J connectivity index is 1.38. The largest absolute Gasteiger partial charge is 0.367 e. The van der Waals surface area contributed by atoms with Gasteiger partial charge in [-0.3, -0.25) is 4.79 Å². The Hall–Kier alpha value is -3.15. The summed E-state index contributed by atoms with van der Waals surface area (Å²) in [5.74, 6) is 1.18. The molecule has 1 saturated carbocycles. The minimum atomic E-state index is -0.168. The molecule has 1 aliphatic rings. The van der Waals surface area contributed by atoms with E-state index in [1.54, 1.807) is 18.3 Å². The predicted octanol–water partition coefficient (Wildman–Crippen LogP) is 3.24. The van der Waals surface area contributed by atoms with Gasteiger partial charge in [-0.1, -0.05) is 35.5 Å². The topological polar surface area (TPSA) is 80.1 Å². The molecule has 25 heavy (non-hydrogen) atoms. The monoisotopic (exact) mass is 334 g/mol. The molecule has 0 aliphatic heterocycles. The molecule has 2 heterocycles. The van der Waals surface area contributed by atoms with Crippen LogP contribution in [0.15, 0.2) is 59.3 Å². The summed E-state index contributed by atoms with van der Waals surface area (Å²) in [5.41, 5.74) is 2.30. The fourth-order valence-electron chi connectivity index (χ4n) is 2.50. The third kappa shape index (κ3) is 3.85. The van der Waals surface area contributed by atoms with Crippen LogP contribution in [0, 0.1) is 0 Å². The average molecular weight is 334 g/mol. The Bertz CT molecular complexity index is 872. The van der Waals surface area contributed by atoms with Crippen molar-refractivity contribution < 1.29 is 9.32 Å². The average Bonchev–Trinajstić information content (AvgIpc) is 3.34. The van der Waals surface area contributed by atoms with Gasteiger partial charge in [0.05, 0.1) is 6.54 Å². The number of pyridine rings is 1. The molecule has 0 unspecified atom stereocenters. The zero-order valence-electron chi connectivity index (χ0n) is 13.6. The number of carbonyl (C=O) groups is 1. The summed E-state index contributed by atoms with van der Waals surface area (Å²) < 4.78 is 5.30. The first kappa shape index (κ1) is 15.4. The quantitative estimate of drug-likeness (QED) is 0.723. The highest BCUT2D eigenvalue weighted by Crippen LogP contribution is 2.24. The van der Waals surface area contributed by atoms with Gasteiger partial charge in [0, 0.05) is 29.4 Å². The van der Waals surface area contributed by atoms with E-state index in [4.69, 9.17) is 4.52 Å². The maximum Gasteiger partial charge on any atom is 0.251 e. The summed E-state index contributed by atoms with van der Waals surface area (Å²) in [7, 11) is 0. The van der Waals surface area contributed by atoms with Crippen molar-refractivity contribution in [2.45, 2.75) is 25.4 Å². The molecule has 6 nitrogen and oxygen atoms in total. The van der Waals surface area contributed by atoms with Crippen LogP contribution in [-0.2, 0) is 6.54 Å². The summed E-state index contributed by atoms with van der Waals surface area (Å²) in [6, 6.07) is 15.6. The highest BCUT2D eigenvalue weighted by atomic mass is 16.5. The number of hydrogen-bond acceptors (Lipinski definition) is 5. The van der Waals surface area contributed by atoms with E-state index in [2.05, 4.69) is 20.8 Å². The molecule has 1 aliphatic carbocycles. The fraction of sp³-hybridized carbons (Fsp3) is 0.211. The lowest BCUT2D eigenvalue weighted by Crippen LogP contribution is -2.22. The predicted molar refractivity (Wildman–Crippen MR) is 94.0 cm³/mol. The zero-order chi connectivity index (χ0) is 17.1. The van der Waals surface area contributed by atoms with E-state index in [0.29, 0.717) is 17.4 Å². The second-order valence-electron chi connectivity index (χ2n) is 6.08. The van der Waals surface area contributed by atoms with Crippen LogP contribution in [0.1, 0.15) is 29.0 Å². The third-order valence-corrected chi connectivity index (χ3v) is 4.00. The van der Waals surface area contributed by atoms with Gasteiger partial charge in [-0.2, -0.15) is 0 Å². The Morgan fingerprint density at radius 2 is 2.00 bits per heavy atom. The van der Waals surface area contributed by atoms with Crippen LogP contribution in [-0.4, -0.2) is 22.1 Å². The molecule has 0 bridgehead atoms. The third-order valence-electron chi connectivity index (χ3n) is 4.00. The molecular formula is C19H18N4O2. The van der Waals surface area contributed by atoms with Crippen LogP contribution < -0.4 is 10.6 Å². The molecule has 3 aromatic rings. The van der Waals surface area contributed by atoms with E-state index >= 15 is 0 Å². The van der Waals surface area contributed by atoms with E-state index in [1.165, 1.54) is 0 Å². The maximum absolute atomic E-state index is 12.3. The number of amides is 1. The van der Waals surface area contributed by atoms with Gasteiger partial charge < -0.3 is 15.2 Å². The van der Waals surface area contributed by atoms with Crippen LogP contribution >= 0.6 is 0 Å². The van der Waals surface area contributed by atoms with Gasteiger partial charge in [0.2, 0.25) is 0 Å². The van der Waals surface area contributed by atoms with Crippen molar-refractivity contribution in [2.24, 2.45) is 0 Å². The van der Waals surface area contributed by atoms with Gasteiger partial charge in [0.15, 0.2) is 5.76 Å². The van der Waals surface area contributed by atoms with Crippen LogP contribution in [0.25, 0.3) is 11.3 Å². The van der Waals surface area contributed by atoms with Crippen molar-refractivity contribution in [1.82, 2.24) is 15.5 Å². The van der Waals surface area contributed by atoms with Crippen molar-refractivity contribution >= 4 is 11.7 Å². The summed E-state index contributed by atoms with van der Waals surface area (Å²) in [6.07, 6.45) is 3.96. The first-order valence-corrected chi connectivity index (χ1v) is 8.30. The number of anilines is 1. The Labute approximate surface area is 145 Å². The number of nitrogens with zero attached hydrogens (tertiary/aromatic N) is 2. The smallest absolute Gasteiger partial charge is 0.251 e. The molecule has 0 radical (unpaired) electrons. The molecule has 2 N–H and O–H groups in total. The van der Waals surface area contributed by atoms with Crippen LogP contribution in [0.5, 0.6) is 0 Å². The van der Waals surface area contributed by atoms with Crippen molar-refractivity contribution in [2.75, 3.05) is 5.32 Å². The van der Waals surface area contributed by atoms with Gasteiger partial charge in [-0.15, -0.1) is 0 Å². The number of nitrogens with one attached hydrogen (secondary N) is 2. The van der Waals surface area contributed by atoms with Gasteiger partial charge in [-0.05, 0) is 25.0 Å². The SMILES string of the molecule is O=C(NCc1cc(-c2ccccc2)no1)c1ccnc(NC2CC2)c1. The second kappa shape index (κ2) is 6.76. The number of aromatic nitrogens is 2. The number of rotatable bonds is 6. The van der Waals surface area contributed by atoms with E-state index in [1.807, 2.05) is 36.4 Å². The molecule has 1 aromatic carbocycles. The van der Waals surface area contributed by atoms with Crippen molar-refractivity contribution in [3.8, 4) is 11.3 Å². The lowest BCUT2D eigenvalue weighted by Gasteiger charge is -2.06. The Morgan fingerprint density at radius 3 is 2.80 bits per heavy atom. The van der Waals surface area contributed by atoms with Gasteiger partial charge in [0.1, 0.15) is 11.5 Å². The molecule has 6 heteroatoms. The van der Waals surface area contributed by atoms with Gasteiger partial charge in [-0.25, -0.2) is 4.98 Å². The molecule has 0 atom stereocenters. The highest BCUT2D eigenvalue weighted by Gasteiger charge is 2.21. The van der Waals surface area contributed by atoms with E-state index in [0.717, 1.165) is 29.9 Å². The summed E-state index contributed by atoms with van der Waals surface area (Å²) in [5, 5.41) is 10.2. The molecular weight excluding hydrogens is 316 g/mol. The number of carbonyl (C=O) groups excluding carboxylic acids is 1.